The molecule has 3 aromatic rings. The highest BCUT2D eigenvalue weighted by Crippen LogP contribution is 2.53. The van der Waals surface area contributed by atoms with Crippen molar-refractivity contribution in [3.8, 4) is 0 Å². The Bertz CT molecular complexity index is 1320. The second kappa shape index (κ2) is 8.75. The molecule has 0 bridgehead atoms. The number of hydrogen-bond donors (Lipinski definition) is 1. The Hall–Kier alpha value is -2.70. The van der Waals surface area contributed by atoms with Gasteiger partial charge in [-0.15, -0.1) is 0 Å². The first-order chi connectivity index (χ1) is 16.7. The SMILES string of the molecule is C=C(C)c1cc(F)c2c(c1)C(=O)N(c1ccc(Cl)cc1)C2(OCC1(CO)CC1)c1ccc(Cl)cc1. The Morgan fingerprint density at radius 2 is 1.69 bits per heavy atom. The highest BCUT2D eigenvalue weighted by atomic mass is 35.5. The zero-order valence-corrected chi connectivity index (χ0v) is 20.7. The van der Waals surface area contributed by atoms with Gasteiger partial charge < -0.3 is 9.84 Å². The molecule has 180 valence electrons. The molecule has 1 fully saturated rings. The van der Waals surface area contributed by atoms with Gasteiger partial charge in [0.2, 0.25) is 5.72 Å². The minimum atomic E-state index is -1.62. The molecule has 1 atom stereocenters. The molecule has 1 saturated carbocycles. The van der Waals surface area contributed by atoms with Crippen molar-refractivity contribution in [2.75, 3.05) is 18.1 Å². The van der Waals surface area contributed by atoms with Gasteiger partial charge in [0, 0.05) is 26.7 Å². The fraction of sp³-hybridized carbons (Fsp3) is 0.250. The molecule has 2 aliphatic rings. The van der Waals surface area contributed by atoms with Crippen LogP contribution in [0.15, 0.2) is 67.2 Å². The molecule has 1 N–H and O–H groups in total. The maximum Gasteiger partial charge on any atom is 0.261 e. The average Bonchev–Trinajstić information content (AvgIpc) is 3.58. The first-order valence-corrected chi connectivity index (χ1v) is 12.1. The second-order valence-electron chi connectivity index (χ2n) is 9.38. The summed E-state index contributed by atoms with van der Waals surface area (Å²) in [7, 11) is 0. The number of aliphatic hydroxyl groups excluding tert-OH is 1. The monoisotopic (exact) mass is 511 g/mol. The minimum Gasteiger partial charge on any atom is -0.396 e. The molecule has 0 saturated heterocycles. The highest BCUT2D eigenvalue weighted by molar-refractivity contribution is 6.31. The molecule has 1 aliphatic carbocycles. The zero-order valence-electron chi connectivity index (χ0n) is 19.2. The smallest absolute Gasteiger partial charge is 0.261 e. The van der Waals surface area contributed by atoms with Crippen molar-refractivity contribution >= 4 is 40.4 Å². The fourth-order valence-corrected chi connectivity index (χ4v) is 4.83. The Labute approximate surface area is 213 Å². The van der Waals surface area contributed by atoms with Crippen LogP contribution in [-0.4, -0.2) is 24.2 Å². The fourth-order valence-electron chi connectivity index (χ4n) is 4.58. The Balaban J connectivity index is 1.80. The van der Waals surface area contributed by atoms with Crippen LogP contribution in [0.3, 0.4) is 0 Å². The molecule has 1 amide bonds. The first kappa shape index (κ1) is 24.0. The van der Waals surface area contributed by atoms with E-state index < -0.39 is 22.9 Å². The summed E-state index contributed by atoms with van der Waals surface area (Å²) in [5.74, 6) is -0.984. The largest absolute Gasteiger partial charge is 0.396 e. The van der Waals surface area contributed by atoms with Crippen LogP contribution in [0.25, 0.3) is 5.57 Å². The minimum absolute atomic E-state index is 0.0531. The summed E-state index contributed by atoms with van der Waals surface area (Å²) in [6.45, 7) is 5.77. The van der Waals surface area contributed by atoms with E-state index in [1.54, 1.807) is 61.5 Å². The maximum absolute atomic E-state index is 16.0. The van der Waals surface area contributed by atoms with Crippen LogP contribution in [0.4, 0.5) is 10.1 Å². The molecule has 0 spiro atoms. The van der Waals surface area contributed by atoms with Gasteiger partial charge in [0.25, 0.3) is 5.91 Å². The summed E-state index contributed by atoms with van der Waals surface area (Å²) in [5, 5.41) is 11.0. The van der Waals surface area contributed by atoms with Gasteiger partial charge in [-0.3, -0.25) is 9.69 Å². The Kier molecular flexibility index (Phi) is 6.01. The third-order valence-electron chi connectivity index (χ3n) is 6.87. The van der Waals surface area contributed by atoms with Crippen molar-refractivity contribution in [3.05, 3.63) is 105 Å². The average molecular weight is 512 g/mol. The number of aliphatic hydroxyl groups is 1. The van der Waals surface area contributed by atoms with Crippen LogP contribution in [0.2, 0.25) is 10.0 Å². The van der Waals surface area contributed by atoms with Crippen molar-refractivity contribution in [1.29, 1.82) is 0 Å². The molecule has 35 heavy (non-hydrogen) atoms. The van der Waals surface area contributed by atoms with Crippen molar-refractivity contribution in [1.82, 2.24) is 0 Å². The maximum atomic E-state index is 16.0. The number of anilines is 1. The number of allylic oxidation sites excluding steroid dienone is 1. The van der Waals surface area contributed by atoms with Crippen molar-refractivity contribution in [2.24, 2.45) is 5.41 Å². The summed E-state index contributed by atoms with van der Waals surface area (Å²) in [5.41, 5.74) is 0.500. The van der Waals surface area contributed by atoms with E-state index in [1.807, 2.05) is 0 Å². The van der Waals surface area contributed by atoms with E-state index in [4.69, 9.17) is 27.9 Å². The lowest BCUT2D eigenvalue weighted by molar-refractivity contribution is -0.0469. The molecule has 1 heterocycles. The first-order valence-electron chi connectivity index (χ1n) is 11.3. The Morgan fingerprint density at radius 3 is 2.23 bits per heavy atom. The molecule has 4 nitrogen and oxygen atoms in total. The predicted octanol–water partition coefficient (Wildman–Crippen LogP) is 6.82. The summed E-state index contributed by atoms with van der Waals surface area (Å²) in [6.07, 6.45) is 1.58. The van der Waals surface area contributed by atoms with E-state index >= 15 is 4.39 Å². The lowest BCUT2D eigenvalue weighted by atomic mass is 9.90. The van der Waals surface area contributed by atoms with E-state index in [-0.39, 0.29) is 24.3 Å². The molecule has 7 heteroatoms. The van der Waals surface area contributed by atoms with Crippen molar-refractivity contribution in [3.63, 3.8) is 0 Å². The number of ether oxygens (including phenoxy) is 1. The molecule has 5 rings (SSSR count). The third kappa shape index (κ3) is 3.97. The summed E-state index contributed by atoms with van der Waals surface area (Å²) >= 11 is 12.3. The van der Waals surface area contributed by atoms with Gasteiger partial charge in [-0.2, -0.15) is 0 Å². The number of hydrogen-bond acceptors (Lipinski definition) is 3. The molecule has 3 aromatic carbocycles. The predicted molar refractivity (Wildman–Crippen MR) is 136 cm³/mol. The van der Waals surface area contributed by atoms with E-state index in [0.29, 0.717) is 32.4 Å². The van der Waals surface area contributed by atoms with Crippen molar-refractivity contribution < 1.29 is 19.0 Å². The number of fused-ring (bicyclic) bond motifs is 1. The molecular weight excluding hydrogens is 488 g/mol. The van der Waals surface area contributed by atoms with Crippen LogP contribution >= 0.6 is 23.2 Å². The van der Waals surface area contributed by atoms with E-state index in [9.17, 15) is 9.90 Å². The topological polar surface area (TPSA) is 49.8 Å². The summed E-state index contributed by atoms with van der Waals surface area (Å²) in [6, 6.07) is 16.6. The number of rotatable bonds is 7. The molecule has 1 unspecified atom stereocenters. The second-order valence-corrected chi connectivity index (χ2v) is 10.2. The van der Waals surface area contributed by atoms with E-state index in [1.165, 1.54) is 11.0 Å². The van der Waals surface area contributed by atoms with Gasteiger partial charge in [0.05, 0.1) is 24.3 Å². The number of carbonyl (C=O) groups is 1. The van der Waals surface area contributed by atoms with Gasteiger partial charge in [-0.25, -0.2) is 4.39 Å². The number of amides is 1. The van der Waals surface area contributed by atoms with Crippen LogP contribution in [-0.2, 0) is 10.5 Å². The van der Waals surface area contributed by atoms with Crippen LogP contribution in [0.1, 0.15) is 46.8 Å². The number of carbonyl (C=O) groups excluding carboxylic acids is 1. The summed E-state index contributed by atoms with van der Waals surface area (Å²) in [4.78, 5) is 15.5. The van der Waals surface area contributed by atoms with Gasteiger partial charge >= 0.3 is 0 Å². The van der Waals surface area contributed by atoms with Crippen LogP contribution in [0.5, 0.6) is 0 Å². The van der Waals surface area contributed by atoms with Crippen LogP contribution in [0, 0.1) is 11.2 Å². The van der Waals surface area contributed by atoms with Gasteiger partial charge in [-0.1, -0.05) is 47.5 Å². The Morgan fingerprint density at radius 1 is 1.09 bits per heavy atom. The van der Waals surface area contributed by atoms with Crippen molar-refractivity contribution in [2.45, 2.75) is 25.5 Å². The van der Waals surface area contributed by atoms with E-state index in [2.05, 4.69) is 6.58 Å². The number of nitrogens with zero attached hydrogens (tertiary/aromatic N) is 1. The zero-order chi connectivity index (χ0) is 25.0. The lowest BCUT2D eigenvalue weighted by Gasteiger charge is -2.40. The third-order valence-corrected chi connectivity index (χ3v) is 7.37. The van der Waals surface area contributed by atoms with Gasteiger partial charge in [0.15, 0.2) is 0 Å². The quantitative estimate of drug-likeness (QED) is 0.378. The molecule has 0 radical (unpaired) electrons. The molecule has 1 aliphatic heterocycles. The summed E-state index contributed by atoms with van der Waals surface area (Å²) < 4.78 is 22.6. The molecule has 0 aromatic heterocycles. The normalized spacial score (nSPS) is 20.1. The number of benzene rings is 3. The number of halogens is 3. The van der Waals surface area contributed by atoms with E-state index in [0.717, 1.165) is 12.8 Å². The lowest BCUT2D eigenvalue weighted by Crippen LogP contribution is -2.48. The van der Waals surface area contributed by atoms with Crippen LogP contribution < -0.4 is 4.90 Å². The highest BCUT2D eigenvalue weighted by Gasteiger charge is 2.57. The standard InChI is InChI=1S/C28H24Cl2FNO3/c1-17(2)18-13-23-25(24(31)14-18)28(19-3-5-20(29)6-4-19,35-16-27(15-33)11-12-27)32(26(23)34)22-9-7-21(30)8-10-22/h3-10,13-14,33H,1,11-12,15-16H2,2H3. The molecular formula is C28H24Cl2FNO3. The van der Waals surface area contributed by atoms with Gasteiger partial charge in [0.1, 0.15) is 5.82 Å². The van der Waals surface area contributed by atoms with Gasteiger partial charge in [-0.05, 0) is 73.9 Å².